The number of hydrogen-bond donors (Lipinski definition) is 1. The molecule has 1 aromatic heterocycles. The van der Waals surface area contributed by atoms with E-state index in [-0.39, 0.29) is 24.7 Å². The van der Waals surface area contributed by atoms with Gasteiger partial charge in [-0.3, -0.25) is 4.79 Å². The van der Waals surface area contributed by atoms with Gasteiger partial charge in [-0.2, -0.15) is 10.4 Å². The number of nitrogens with one attached hydrogen (secondary N) is 1. The predicted octanol–water partition coefficient (Wildman–Crippen LogP) is 2.90. The lowest BCUT2D eigenvalue weighted by Gasteiger charge is -2.11. The number of pyridine rings is 1. The molecule has 168 valence electrons. The van der Waals surface area contributed by atoms with Crippen LogP contribution in [0, 0.1) is 18.3 Å². The normalized spacial score (nSPS) is 10.4. The summed E-state index contributed by atoms with van der Waals surface area (Å²) < 4.78 is 21.7. The molecule has 0 aliphatic heterocycles. The molecule has 2 aromatic rings. The van der Waals surface area contributed by atoms with Crippen LogP contribution in [0.2, 0.25) is 0 Å². The van der Waals surface area contributed by atoms with E-state index in [0.29, 0.717) is 41.5 Å². The Balaban J connectivity index is 1.99. The number of carbonyl (C=O) groups is 1. The van der Waals surface area contributed by atoms with Gasteiger partial charge in [-0.15, -0.1) is 0 Å². The highest BCUT2D eigenvalue weighted by Gasteiger charge is 2.14. The highest BCUT2D eigenvalue weighted by Crippen LogP contribution is 2.28. The molecule has 1 aromatic carbocycles. The zero-order valence-electron chi connectivity index (χ0n) is 18.4. The topological polar surface area (TPSA) is 115 Å². The number of methoxy groups -OCH3 is 1. The summed E-state index contributed by atoms with van der Waals surface area (Å²) in [6, 6.07) is 9.07. The molecule has 0 saturated carbocycles. The maximum Gasteiger partial charge on any atom is 0.278 e. The van der Waals surface area contributed by atoms with Crippen LogP contribution in [0.3, 0.4) is 0 Å². The van der Waals surface area contributed by atoms with Gasteiger partial charge in [0.1, 0.15) is 18.2 Å². The van der Waals surface area contributed by atoms with Gasteiger partial charge in [0.2, 0.25) is 5.88 Å². The number of aromatic nitrogens is 1. The summed E-state index contributed by atoms with van der Waals surface area (Å²) in [7, 11) is 1.53. The number of carbonyl (C=O) groups excluding carboxylic acids is 1. The van der Waals surface area contributed by atoms with Crippen LogP contribution in [0.15, 0.2) is 42.0 Å². The van der Waals surface area contributed by atoms with E-state index in [1.807, 2.05) is 13.0 Å². The van der Waals surface area contributed by atoms with Gasteiger partial charge < -0.3 is 18.9 Å². The van der Waals surface area contributed by atoms with Crippen molar-refractivity contribution >= 4 is 12.1 Å². The van der Waals surface area contributed by atoms with Crippen LogP contribution in [0.4, 0.5) is 0 Å². The maximum atomic E-state index is 12.1. The van der Waals surface area contributed by atoms with E-state index in [2.05, 4.69) is 22.1 Å². The fourth-order valence-corrected chi connectivity index (χ4v) is 2.69. The first-order valence-electron chi connectivity index (χ1n) is 9.87. The molecule has 9 heteroatoms. The molecule has 0 unspecified atom stereocenters. The van der Waals surface area contributed by atoms with Crippen LogP contribution in [-0.2, 0) is 16.1 Å². The molecular formula is C23H26N4O5. The van der Waals surface area contributed by atoms with E-state index in [1.54, 1.807) is 37.3 Å². The second-order valence-electron chi connectivity index (χ2n) is 6.47. The smallest absolute Gasteiger partial charge is 0.278 e. The van der Waals surface area contributed by atoms with Crippen molar-refractivity contribution in [3.8, 4) is 23.4 Å². The van der Waals surface area contributed by atoms with Crippen LogP contribution in [0.25, 0.3) is 0 Å². The molecule has 2 rings (SSSR count). The molecule has 9 nitrogen and oxygen atoms in total. The van der Waals surface area contributed by atoms with Gasteiger partial charge >= 0.3 is 0 Å². The van der Waals surface area contributed by atoms with Crippen LogP contribution < -0.4 is 19.6 Å². The van der Waals surface area contributed by atoms with Gasteiger partial charge in [0.05, 0.1) is 19.4 Å². The molecule has 32 heavy (non-hydrogen) atoms. The minimum Gasteiger partial charge on any atom is -0.490 e. The SMILES string of the molecule is C=CCOc1ccc(C=NNC(=O)COc2nc(C)cc(COC)c2C#N)cc1OCC. The van der Waals surface area contributed by atoms with Crippen molar-refractivity contribution < 1.29 is 23.7 Å². The lowest BCUT2D eigenvalue weighted by molar-refractivity contribution is -0.123. The summed E-state index contributed by atoms with van der Waals surface area (Å²) >= 11 is 0. The molecule has 0 fully saturated rings. The third-order valence-electron chi connectivity index (χ3n) is 3.97. The first-order valence-corrected chi connectivity index (χ1v) is 9.87. The van der Waals surface area contributed by atoms with Crippen molar-refractivity contribution in [1.29, 1.82) is 5.26 Å². The molecule has 0 bridgehead atoms. The highest BCUT2D eigenvalue weighted by atomic mass is 16.5. The number of amides is 1. The van der Waals surface area contributed by atoms with E-state index in [1.165, 1.54) is 13.3 Å². The Bertz CT molecular complexity index is 1010. The van der Waals surface area contributed by atoms with Gasteiger partial charge in [0.15, 0.2) is 18.1 Å². The van der Waals surface area contributed by atoms with Gasteiger partial charge in [-0.05, 0) is 43.7 Å². The van der Waals surface area contributed by atoms with Gasteiger partial charge in [-0.1, -0.05) is 12.7 Å². The summed E-state index contributed by atoms with van der Waals surface area (Å²) in [5.74, 6) is 0.732. The van der Waals surface area contributed by atoms with Crippen molar-refractivity contribution in [2.45, 2.75) is 20.5 Å². The Hall–Kier alpha value is -3.90. The second-order valence-corrected chi connectivity index (χ2v) is 6.47. The van der Waals surface area contributed by atoms with E-state index < -0.39 is 5.91 Å². The number of nitrogens with zero attached hydrogens (tertiary/aromatic N) is 3. The van der Waals surface area contributed by atoms with E-state index >= 15 is 0 Å². The largest absolute Gasteiger partial charge is 0.490 e. The van der Waals surface area contributed by atoms with Gasteiger partial charge in [0.25, 0.3) is 5.91 Å². The van der Waals surface area contributed by atoms with Crippen molar-refractivity contribution in [3.63, 3.8) is 0 Å². The number of benzene rings is 1. The lowest BCUT2D eigenvalue weighted by Crippen LogP contribution is -2.25. The van der Waals surface area contributed by atoms with Crippen LogP contribution in [-0.4, -0.2) is 44.0 Å². The average Bonchev–Trinajstić information content (AvgIpc) is 2.77. The lowest BCUT2D eigenvalue weighted by atomic mass is 10.1. The second kappa shape index (κ2) is 12.7. The molecule has 1 heterocycles. The summed E-state index contributed by atoms with van der Waals surface area (Å²) in [6.45, 7) is 7.98. The Morgan fingerprint density at radius 1 is 1.28 bits per heavy atom. The van der Waals surface area contributed by atoms with Gasteiger partial charge in [0, 0.05) is 18.4 Å². The Morgan fingerprint density at radius 3 is 2.78 bits per heavy atom. The highest BCUT2D eigenvalue weighted by molar-refractivity contribution is 5.83. The first-order chi connectivity index (χ1) is 15.5. The number of aryl methyl sites for hydroxylation is 1. The molecule has 0 aliphatic rings. The minimum absolute atomic E-state index is 0.0788. The van der Waals surface area contributed by atoms with E-state index in [0.717, 1.165) is 0 Å². The monoisotopic (exact) mass is 438 g/mol. The number of ether oxygens (including phenoxy) is 4. The molecular weight excluding hydrogens is 412 g/mol. The number of nitriles is 1. The van der Waals surface area contributed by atoms with Crippen molar-refractivity contribution in [2.24, 2.45) is 5.10 Å². The third-order valence-corrected chi connectivity index (χ3v) is 3.97. The fourth-order valence-electron chi connectivity index (χ4n) is 2.69. The number of rotatable bonds is 12. The molecule has 1 N–H and O–H groups in total. The predicted molar refractivity (Wildman–Crippen MR) is 119 cm³/mol. The van der Waals surface area contributed by atoms with Crippen LogP contribution in [0.5, 0.6) is 17.4 Å². The van der Waals surface area contributed by atoms with Gasteiger partial charge in [-0.25, -0.2) is 10.4 Å². The first kappa shape index (κ1) is 24.4. The molecule has 1 amide bonds. The van der Waals surface area contributed by atoms with Crippen molar-refractivity contribution in [1.82, 2.24) is 10.4 Å². The maximum absolute atomic E-state index is 12.1. The zero-order valence-corrected chi connectivity index (χ0v) is 18.4. The van der Waals surface area contributed by atoms with Crippen molar-refractivity contribution in [3.05, 3.63) is 59.3 Å². The Morgan fingerprint density at radius 2 is 2.09 bits per heavy atom. The van der Waals surface area contributed by atoms with Crippen LogP contribution in [0.1, 0.15) is 29.3 Å². The fraction of sp³-hybridized carbons (Fsp3) is 0.304. The van der Waals surface area contributed by atoms with Crippen molar-refractivity contribution in [2.75, 3.05) is 26.9 Å². The zero-order chi connectivity index (χ0) is 23.3. The summed E-state index contributed by atoms with van der Waals surface area (Å²) in [6.07, 6.45) is 3.12. The third kappa shape index (κ3) is 7.11. The summed E-state index contributed by atoms with van der Waals surface area (Å²) in [5.41, 5.74) is 4.60. The number of hydrogen-bond acceptors (Lipinski definition) is 8. The molecule has 0 radical (unpaired) electrons. The molecule has 0 atom stereocenters. The Kier molecular flexibility index (Phi) is 9.69. The number of hydrazone groups is 1. The van der Waals surface area contributed by atoms with E-state index in [9.17, 15) is 10.1 Å². The molecule has 0 aliphatic carbocycles. The summed E-state index contributed by atoms with van der Waals surface area (Å²) in [5, 5.41) is 13.3. The minimum atomic E-state index is -0.502. The van der Waals surface area contributed by atoms with E-state index in [4.69, 9.17) is 18.9 Å². The average molecular weight is 438 g/mol. The molecule has 0 saturated heterocycles. The Labute approximate surface area is 187 Å². The van der Waals surface area contributed by atoms with Crippen LogP contribution >= 0.6 is 0 Å². The standard InChI is InChI=1S/C23H26N4O5/c1-5-9-31-20-8-7-17(11-21(20)30-6-2)13-25-27-22(28)15-32-23-19(12-24)18(14-29-4)10-16(3)26-23/h5,7-8,10-11,13H,1,6,9,14-15H2,2-4H3,(H,27,28). The molecule has 0 spiro atoms. The summed E-state index contributed by atoms with van der Waals surface area (Å²) in [4.78, 5) is 16.3. The quantitative estimate of drug-likeness (QED) is 0.308.